The predicted molar refractivity (Wildman–Crippen MR) is 87.8 cm³/mol. The van der Waals surface area contributed by atoms with Crippen LogP contribution in [0.25, 0.3) is 0 Å². The maximum atomic E-state index is 12.5. The lowest BCUT2D eigenvalue weighted by molar-refractivity contribution is -0.145. The molecule has 0 aromatic carbocycles. The van der Waals surface area contributed by atoms with Gasteiger partial charge in [-0.25, -0.2) is 0 Å². The van der Waals surface area contributed by atoms with Crippen molar-refractivity contribution in [2.45, 2.75) is 69.8 Å². The molecule has 2 aliphatic carbocycles. The van der Waals surface area contributed by atoms with Crippen molar-refractivity contribution in [3.63, 3.8) is 0 Å². The molecule has 1 N–H and O–H groups in total. The van der Waals surface area contributed by atoms with Gasteiger partial charge in [0.25, 0.3) is 0 Å². The molecule has 130 valence electrons. The summed E-state index contributed by atoms with van der Waals surface area (Å²) in [6.07, 6.45) is 9.47. The van der Waals surface area contributed by atoms with Crippen LogP contribution in [0.4, 0.5) is 0 Å². The van der Waals surface area contributed by atoms with E-state index in [0.29, 0.717) is 32.1 Å². The number of hydrogen-bond acceptors (Lipinski definition) is 3. The Morgan fingerprint density at radius 3 is 2.04 bits per heavy atom. The predicted octanol–water partition coefficient (Wildman–Crippen LogP) is 1.93. The normalized spacial score (nSPS) is 25.6. The molecule has 0 unspecified atom stereocenters. The van der Waals surface area contributed by atoms with Crippen LogP contribution in [0.15, 0.2) is 0 Å². The largest absolute Gasteiger partial charge is 0.389 e. The third-order valence-electron chi connectivity index (χ3n) is 5.91. The van der Waals surface area contributed by atoms with Crippen LogP contribution in [0.2, 0.25) is 0 Å². The van der Waals surface area contributed by atoms with Gasteiger partial charge in [0, 0.05) is 32.1 Å². The Morgan fingerprint density at radius 2 is 1.43 bits per heavy atom. The smallest absolute Gasteiger partial charge is 0.225 e. The lowest BCUT2D eigenvalue weighted by Crippen LogP contribution is -2.53. The second kappa shape index (κ2) is 7.20. The zero-order valence-corrected chi connectivity index (χ0v) is 14.1. The number of hydrogen-bond donors (Lipinski definition) is 1. The molecule has 0 aromatic heterocycles. The molecule has 0 spiro atoms. The van der Waals surface area contributed by atoms with E-state index in [1.54, 1.807) is 0 Å². The molecule has 3 rings (SSSR count). The molecule has 1 aliphatic heterocycles. The van der Waals surface area contributed by atoms with Gasteiger partial charge in [-0.05, 0) is 25.7 Å². The summed E-state index contributed by atoms with van der Waals surface area (Å²) in [5, 5.41) is 10.4. The first-order valence-electron chi connectivity index (χ1n) is 9.36. The fraction of sp³-hybridized carbons (Fsp3) is 0.889. The number of piperazine rings is 1. The minimum absolute atomic E-state index is 0.0548. The first kappa shape index (κ1) is 16.7. The summed E-state index contributed by atoms with van der Waals surface area (Å²) in [5.41, 5.74) is -0.772. The second-order valence-corrected chi connectivity index (χ2v) is 7.65. The van der Waals surface area contributed by atoms with Crippen molar-refractivity contribution in [2.24, 2.45) is 5.92 Å². The monoisotopic (exact) mass is 322 g/mol. The van der Waals surface area contributed by atoms with Gasteiger partial charge in [-0.1, -0.05) is 32.1 Å². The van der Waals surface area contributed by atoms with Crippen LogP contribution in [-0.4, -0.2) is 58.5 Å². The van der Waals surface area contributed by atoms with Crippen molar-refractivity contribution in [3.8, 4) is 0 Å². The third kappa shape index (κ3) is 4.06. The molecular weight excluding hydrogens is 292 g/mol. The van der Waals surface area contributed by atoms with Gasteiger partial charge >= 0.3 is 0 Å². The quantitative estimate of drug-likeness (QED) is 0.864. The van der Waals surface area contributed by atoms with Gasteiger partial charge in [0.2, 0.25) is 11.8 Å². The number of carbonyl (C=O) groups is 2. The summed E-state index contributed by atoms with van der Waals surface area (Å²) in [4.78, 5) is 28.7. The van der Waals surface area contributed by atoms with E-state index in [0.717, 1.165) is 38.5 Å². The zero-order valence-electron chi connectivity index (χ0n) is 14.1. The first-order valence-corrected chi connectivity index (χ1v) is 9.36. The van der Waals surface area contributed by atoms with E-state index in [4.69, 9.17) is 0 Å². The number of carbonyl (C=O) groups excluding carboxylic acids is 2. The minimum atomic E-state index is -0.772. The van der Waals surface area contributed by atoms with E-state index < -0.39 is 5.60 Å². The van der Waals surface area contributed by atoms with E-state index in [9.17, 15) is 14.7 Å². The van der Waals surface area contributed by atoms with Gasteiger partial charge in [-0.2, -0.15) is 0 Å². The van der Waals surface area contributed by atoms with Crippen LogP contribution in [0.3, 0.4) is 0 Å². The Balaban J connectivity index is 1.46. The summed E-state index contributed by atoms with van der Waals surface area (Å²) < 4.78 is 0. The van der Waals surface area contributed by atoms with Gasteiger partial charge in [-0.15, -0.1) is 0 Å². The summed E-state index contributed by atoms with van der Waals surface area (Å²) in [6.45, 7) is 2.54. The van der Waals surface area contributed by atoms with Crippen LogP contribution in [0, 0.1) is 5.92 Å². The highest BCUT2D eigenvalue weighted by Crippen LogP contribution is 2.33. The molecular formula is C18H30N2O3. The van der Waals surface area contributed by atoms with Crippen molar-refractivity contribution in [3.05, 3.63) is 0 Å². The molecule has 0 radical (unpaired) electrons. The van der Waals surface area contributed by atoms with E-state index >= 15 is 0 Å². The average Bonchev–Trinajstić information content (AvgIpc) is 3.01. The summed E-state index contributed by atoms with van der Waals surface area (Å²) in [6, 6.07) is 0. The van der Waals surface area contributed by atoms with Crippen molar-refractivity contribution in [2.75, 3.05) is 26.2 Å². The van der Waals surface area contributed by atoms with Gasteiger partial charge in [-0.3, -0.25) is 9.59 Å². The van der Waals surface area contributed by atoms with Gasteiger partial charge in [0.05, 0.1) is 12.0 Å². The minimum Gasteiger partial charge on any atom is -0.389 e. The second-order valence-electron chi connectivity index (χ2n) is 7.65. The zero-order chi connectivity index (χ0) is 16.3. The maximum Gasteiger partial charge on any atom is 0.225 e. The molecule has 23 heavy (non-hydrogen) atoms. The fourth-order valence-electron chi connectivity index (χ4n) is 4.39. The van der Waals surface area contributed by atoms with Crippen LogP contribution in [-0.2, 0) is 9.59 Å². The van der Waals surface area contributed by atoms with Gasteiger partial charge in [0.1, 0.15) is 0 Å². The fourth-order valence-corrected chi connectivity index (χ4v) is 4.39. The molecule has 3 fully saturated rings. The molecule has 2 saturated carbocycles. The van der Waals surface area contributed by atoms with Crippen molar-refractivity contribution in [1.29, 1.82) is 0 Å². The third-order valence-corrected chi connectivity index (χ3v) is 5.91. The molecule has 0 aromatic rings. The molecule has 1 saturated heterocycles. The number of nitrogens with zero attached hydrogens (tertiary/aromatic N) is 2. The van der Waals surface area contributed by atoms with Gasteiger partial charge < -0.3 is 14.9 Å². The first-order chi connectivity index (χ1) is 11.1. The van der Waals surface area contributed by atoms with Crippen molar-refractivity contribution < 1.29 is 14.7 Å². The van der Waals surface area contributed by atoms with Crippen LogP contribution in [0.5, 0.6) is 0 Å². The Morgan fingerprint density at radius 1 is 0.870 bits per heavy atom. The molecule has 3 aliphatic rings. The summed E-state index contributed by atoms with van der Waals surface area (Å²) >= 11 is 0. The Bertz CT molecular complexity index is 432. The molecule has 5 nitrogen and oxygen atoms in total. The van der Waals surface area contributed by atoms with E-state index in [-0.39, 0.29) is 18.2 Å². The summed E-state index contributed by atoms with van der Waals surface area (Å²) in [5.74, 6) is 0.565. The number of aliphatic hydroxyl groups is 1. The number of amides is 2. The van der Waals surface area contributed by atoms with Crippen LogP contribution >= 0.6 is 0 Å². The lowest BCUT2D eigenvalue weighted by atomic mass is 9.88. The van der Waals surface area contributed by atoms with Crippen molar-refractivity contribution >= 4 is 11.8 Å². The highest BCUT2D eigenvalue weighted by atomic mass is 16.3. The van der Waals surface area contributed by atoms with E-state index in [2.05, 4.69) is 0 Å². The van der Waals surface area contributed by atoms with Crippen LogP contribution < -0.4 is 0 Å². The van der Waals surface area contributed by atoms with Crippen molar-refractivity contribution in [1.82, 2.24) is 9.80 Å². The van der Waals surface area contributed by atoms with E-state index in [1.165, 1.54) is 19.3 Å². The SMILES string of the molecule is O=C(CC1(O)CCCC1)N1CCN(C(=O)C2CCCCC2)CC1. The number of rotatable bonds is 3. The molecule has 2 amide bonds. The topological polar surface area (TPSA) is 60.9 Å². The molecule has 1 heterocycles. The summed E-state index contributed by atoms with van der Waals surface area (Å²) in [7, 11) is 0. The highest BCUT2D eigenvalue weighted by molar-refractivity contribution is 5.80. The molecule has 0 bridgehead atoms. The Labute approximate surface area is 139 Å². The average molecular weight is 322 g/mol. The highest BCUT2D eigenvalue weighted by Gasteiger charge is 2.36. The van der Waals surface area contributed by atoms with E-state index in [1.807, 2.05) is 9.80 Å². The Kier molecular flexibility index (Phi) is 5.24. The maximum absolute atomic E-state index is 12.5. The standard InChI is InChI=1S/C18H30N2O3/c21-16(14-18(23)8-4-5-9-18)19-10-12-20(13-11-19)17(22)15-6-2-1-3-7-15/h15,23H,1-14H2. The molecule has 0 atom stereocenters. The molecule has 5 heteroatoms. The Hall–Kier alpha value is -1.10. The van der Waals surface area contributed by atoms with Gasteiger partial charge in [0.15, 0.2) is 0 Å². The lowest BCUT2D eigenvalue weighted by Gasteiger charge is -2.38. The van der Waals surface area contributed by atoms with Crippen LogP contribution in [0.1, 0.15) is 64.2 Å².